The number of rotatable bonds is 1. The zero-order valence-electron chi connectivity index (χ0n) is 10.9. The molecule has 2 aromatic rings. The number of aliphatic carboxylic acids is 1. The number of hydrogen-bond donors (Lipinski definition) is 1. The maximum atomic E-state index is 9.00. The van der Waals surface area contributed by atoms with E-state index in [1.165, 1.54) is 0 Å². The van der Waals surface area contributed by atoms with E-state index in [4.69, 9.17) is 33.1 Å². The number of carboxylic acids is 1. The summed E-state index contributed by atoms with van der Waals surface area (Å²) in [5, 5.41) is 8.62. The molecule has 0 amide bonds. The van der Waals surface area contributed by atoms with Crippen LogP contribution in [0.15, 0.2) is 48.5 Å². The van der Waals surface area contributed by atoms with Crippen LogP contribution < -0.4 is 0 Å². The fraction of sp³-hybridized carbons (Fsp3) is 0.0714. The van der Waals surface area contributed by atoms with Gasteiger partial charge >= 0.3 is 51.4 Å². The van der Waals surface area contributed by atoms with Crippen molar-refractivity contribution in [1.29, 1.82) is 0 Å². The molecule has 3 nitrogen and oxygen atoms in total. The van der Waals surface area contributed by atoms with E-state index < -0.39 is 5.97 Å². The molecule has 106 valence electrons. The molecule has 7 heteroatoms. The SMILES string of the molecule is CC(=O)O.Clc1cccc(-c2ccccc2)c1Cl.O.[KH].[Zn]. The van der Waals surface area contributed by atoms with Crippen LogP contribution >= 0.6 is 23.2 Å². The topological polar surface area (TPSA) is 68.8 Å². The Morgan fingerprint density at radius 1 is 1.00 bits per heavy atom. The van der Waals surface area contributed by atoms with E-state index >= 15 is 0 Å². The van der Waals surface area contributed by atoms with Gasteiger partial charge in [0.05, 0.1) is 10.0 Å². The van der Waals surface area contributed by atoms with Gasteiger partial charge in [0.1, 0.15) is 0 Å². The van der Waals surface area contributed by atoms with E-state index in [0.717, 1.165) is 18.1 Å². The van der Waals surface area contributed by atoms with Crippen molar-refractivity contribution >= 4 is 80.6 Å². The third-order valence-electron chi connectivity index (χ3n) is 2.04. The Labute approximate surface area is 189 Å². The number of halogens is 2. The van der Waals surface area contributed by atoms with Crippen molar-refractivity contribution in [3.63, 3.8) is 0 Å². The van der Waals surface area contributed by atoms with E-state index in [-0.39, 0.29) is 76.3 Å². The molecule has 0 radical (unpaired) electrons. The van der Waals surface area contributed by atoms with Gasteiger partial charge in [-0.05, 0) is 11.6 Å². The van der Waals surface area contributed by atoms with Gasteiger partial charge < -0.3 is 10.6 Å². The summed E-state index contributed by atoms with van der Waals surface area (Å²) in [5.41, 5.74) is 2.06. The quantitative estimate of drug-likeness (QED) is 0.739. The Morgan fingerprint density at radius 2 is 1.48 bits per heavy atom. The standard InChI is InChI=1S/C12H8Cl2.C2H4O2.K.H2O.Zn.H/c13-11-8-4-7-10(12(11)14)9-5-2-1-3-6-9;1-2(3)4;;;;/h1-8H;1H3,(H,3,4);;1H2;;. The van der Waals surface area contributed by atoms with Crippen molar-refractivity contribution in [2.24, 2.45) is 0 Å². The first kappa shape index (κ1) is 26.6. The predicted molar refractivity (Wildman–Crippen MR) is 86.0 cm³/mol. The molecule has 0 fully saturated rings. The minimum atomic E-state index is -0.833. The van der Waals surface area contributed by atoms with Gasteiger partial charge in [0.2, 0.25) is 0 Å². The van der Waals surface area contributed by atoms with Crippen molar-refractivity contribution < 1.29 is 34.9 Å². The Morgan fingerprint density at radius 3 is 1.95 bits per heavy atom. The molecule has 0 atom stereocenters. The van der Waals surface area contributed by atoms with Crippen LogP contribution in [0.2, 0.25) is 10.0 Å². The van der Waals surface area contributed by atoms with Crippen LogP contribution in [0.5, 0.6) is 0 Å². The minimum absolute atomic E-state index is 0. The van der Waals surface area contributed by atoms with Gasteiger partial charge in [-0.1, -0.05) is 65.7 Å². The summed E-state index contributed by atoms with van der Waals surface area (Å²) < 4.78 is 0. The summed E-state index contributed by atoms with van der Waals surface area (Å²) in [6.07, 6.45) is 0. The monoisotopic (exact) mass is 404 g/mol. The van der Waals surface area contributed by atoms with Crippen LogP contribution in [0.25, 0.3) is 11.1 Å². The molecule has 21 heavy (non-hydrogen) atoms. The van der Waals surface area contributed by atoms with Crippen LogP contribution in [-0.4, -0.2) is 67.9 Å². The Kier molecular flexibility index (Phi) is 18.1. The van der Waals surface area contributed by atoms with Crippen molar-refractivity contribution in [2.75, 3.05) is 0 Å². The van der Waals surface area contributed by atoms with Crippen molar-refractivity contribution in [3.8, 4) is 11.1 Å². The van der Waals surface area contributed by atoms with Gasteiger partial charge in [-0.25, -0.2) is 0 Å². The van der Waals surface area contributed by atoms with Crippen LogP contribution in [0.3, 0.4) is 0 Å². The second-order valence-corrected chi connectivity index (χ2v) is 4.27. The molecule has 0 heterocycles. The van der Waals surface area contributed by atoms with Gasteiger partial charge in [-0.3, -0.25) is 4.79 Å². The molecular weight excluding hydrogens is 392 g/mol. The molecular formula is C14H15Cl2KO3Zn. The average molecular weight is 407 g/mol. The van der Waals surface area contributed by atoms with E-state index in [1.807, 2.05) is 42.5 Å². The first-order valence-electron chi connectivity index (χ1n) is 5.21. The number of carboxylic acid groups (broad SMARTS) is 1. The zero-order chi connectivity index (χ0) is 13.5. The summed E-state index contributed by atoms with van der Waals surface area (Å²) in [7, 11) is 0. The fourth-order valence-corrected chi connectivity index (χ4v) is 1.75. The summed E-state index contributed by atoms with van der Waals surface area (Å²) in [5.74, 6) is -0.833. The van der Waals surface area contributed by atoms with Crippen LogP contribution in [0.4, 0.5) is 0 Å². The smallest absolute Gasteiger partial charge is 0 e. The van der Waals surface area contributed by atoms with Crippen LogP contribution in [0, 0.1) is 0 Å². The molecule has 0 aromatic heterocycles. The van der Waals surface area contributed by atoms with Crippen molar-refractivity contribution in [3.05, 3.63) is 58.6 Å². The number of benzene rings is 2. The molecule has 0 unspecified atom stereocenters. The van der Waals surface area contributed by atoms with E-state index in [1.54, 1.807) is 6.07 Å². The van der Waals surface area contributed by atoms with Crippen LogP contribution in [0.1, 0.15) is 6.92 Å². The van der Waals surface area contributed by atoms with Crippen LogP contribution in [-0.2, 0) is 24.3 Å². The second kappa shape index (κ2) is 14.3. The first-order valence-corrected chi connectivity index (χ1v) is 5.97. The molecule has 0 aliphatic rings. The molecule has 0 aliphatic heterocycles. The Hall–Kier alpha value is 0.710. The molecule has 0 aliphatic carbocycles. The van der Waals surface area contributed by atoms with E-state index in [2.05, 4.69) is 0 Å². The largest absolute Gasteiger partial charge is 0 e. The fourth-order valence-electron chi connectivity index (χ4n) is 1.34. The third kappa shape index (κ3) is 10.2. The molecule has 0 saturated heterocycles. The normalized spacial score (nSPS) is 7.95. The molecule has 3 N–H and O–H groups in total. The second-order valence-electron chi connectivity index (χ2n) is 3.49. The van der Waals surface area contributed by atoms with Gasteiger partial charge in [0, 0.05) is 32.0 Å². The molecule has 2 aromatic carbocycles. The summed E-state index contributed by atoms with van der Waals surface area (Å²) in [6.45, 7) is 1.08. The predicted octanol–water partition coefficient (Wildman–Crippen LogP) is 3.28. The number of hydrogen-bond acceptors (Lipinski definition) is 1. The Balaban J connectivity index is -0.000000417. The van der Waals surface area contributed by atoms with Crippen molar-refractivity contribution in [1.82, 2.24) is 0 Å². The molecule has 0 saturated carbocycles. The van der Waals surface area contributed by atoms with Gasteiger partial charge in [0.15, 0.2) is 0 Å². The summed E-state index contributed by atoms with van der Waals surface area (Å²) in [4.78, 5) is 9.00. The minimum Gasteiger partial charge on any atom is 0 e. The Bertz CT molecular complexity index is 535. The summed E-state index contributed by atoms with van der Waals surface area (Å²) in [6, 6.07) is 15.6. The van der Waals surface area contributed by atoms with Crippen molar-refractivity contribution in [2.45, 2.75) is 6.92 Å². The maximum absolute atomic E-state index is 9.00. The maximum Gasteiger partial charge on any atom is 0 e. The third-order valence-corrected chi connectivity index (χ3v) is 2.86. The molecule has 0 bridgehead atoms. The van der Waals surface area contributed by atoms with E-state index in [9.17, 15) is 0 Å². The van der Waals surface area contributed by atoms with Gasteiger partial charge in [0.25, 0.3) is 5.97 Å². The van der Waals surface area contributed by atoms with Gasteiger partial charge in [-0.2, -0.15) is 0 Å². The summed E-state index contributed by atoms with van der Waals surface area (Å²) >= 11 is 12.0. The number of carbonyl (C=O) groups is 1. The average Bonchev–Trinajstić information content (AvgIpc) is 2.33. The zero-order valence-corrected chi connectivity index (χ0v) is 15.4. The van der Waals surface area contributed by atoms with Gasteiger partial charge in [-0.15, -0.1) is 0 Å². The molecule has 0 spiro atoms. The van der Waals surface area contributed by atoms with E-state index in [0.29, 0.717) is 10.0 Å². The first-order chi connectivity index (χ1) is 8.52. The molecule has 2 rings (SSSR count).